The fraction of sp³-hybridized carbons (Fsp3) is 0.714. The minimum Gasteiger partial charge on any atom is -0.370 e. The van der Waals surface area contributed by atoms with E-state index in [0.29, 0.717) is 11.8 Å². The van der Waals surface area contributed by atoms with Gasteiger partial charge in [0, 0.05) is 63.4 Å². The average molecular weight is 374 g/mol. The maximum absolute atomic E-state index is 12.6. The highest BCUT2D eigenvalue weighted by Gasteiger charge is 2.25. The normalized spacial score (nSPS) is 21.6. The average Bonchev–Trinajstić information content (AvgIpc) is 2.92. The highest BCUT2D eigenvalue weighted by molar-refractivity contribution is 5.74. The van der Waals surface area contributed by atoms with Crippen molar-refractivity contribution in [1.82, 2.24) is 20.1 Å². The van der Waals surface area contributed by atoms with Gasteiger partial charge in [0.2, 0.25) is 0 Å². The number of rotatable bonds is 5. The van der Waals surface area contributed by atoms with Crippen LogP contribution in [-0.4, -0.2) is 73.2 Å². The van der Waals surface area contributed by atoms with Crippen molar-refractivity contribution < 1.29 is 4.79 Å². The second-order valence-corrected chi connectivity index (χ2v) is 8.48. The van der Waals surface area contributed by atoms with E-state index in [1.165, 1.54) is 25.2 Å². The van der Waals surface area contributed by atoms with Crippen LogP contribution in [0.1, 0.15) is 32.4 Å². The van der Waals surface area contributed by atoms with Gasteiger partial charge in [-0.1, -0.05) is 13.8 Å². The predicted octanol–water partition coefficient (Wildman–Crippen LogP) is 2.59. The summed E-state index contributed by atoms with van der Waals surface area (Å²) in [5.74, 6) is 1.30. The lowest BCUT2D eigenvalue weighted by atomic mass is 10.1. The number of nitrogens with zero attached hydrogens (tertiary/aromatic N) is 4. The number of amides is 2. The first kappa shape index (κ1) is 19.9. The molecule has 27 heavy (non-hydrogen) atoms. The predicted molar refractivity (Wildman–Crippen MR) is 110 cm³/mol. The van der Waals surface area contributed by atoms with Crippen LogP contribution in [-0.2, 0) is 0 Å². The van der Waals surface area contributed by atoms with Crippen molar-refractivity contribution in [2.45, 2.75) is 33.6 Å². The third kappa shape index (κ3) is 5.83. The number of nitrogens with one attached hydrogen (secondary N) is 1. The van der Waals surface area contributed by atoms with E-state index in [4.69, 9.17) is 0 Å². The van der Waals surface area contributed by atoms with Crippen LogP contribution >= 0.6 is 0 Å². The first-order chi connectivity index (χ1) is 13.0. The van der Waals surface area contributed by atoms with Gasteiger partial charge < -0.3 is 20.0 Å². The number of urea groups is 1. The Labute approximate surface area is 163 Å². The standard InChI is InChI=1S/C21H35N5O/c1-17(2)15-24-10-6-19(16-24)14-23-21(27)26-9-4-8-25(11-12-26)20-5-7-22-18(3)13-20/h5,7,13,17,19H,4,6,8-12,14-16H2,1-3H3,(H,23,27). The highest BCUT2D eigenvalue weighted by atomic mass is 16.2. The van der Waals surface area contributed by atoms with E-state index in [0.717, 1.165) is 51.4 Å². The van der Waals surface area contributed by atoms with E-state index < -0.39 is 0 Å². The zero-order valence-corrected chi connectivity index (χ0v) is 17.2. The topological polar surface area (TPSA) is 51.7 Å². The van der Waals surface area contributed by atoms with Gasteiger partial charge in [-0.05, 0) is 50.3 Å². The van der Waals surface area contributed by atoms with Crippen LogP contribution in [0.25, 0.3) is 0 Å². The van der Waals surface area contributed by atoms with Crippen molar-refractivity contribution in [3.8, 4) is 0 Å². The fourth-order valence-electron chi connectivity index (χ4n) is 4.21. The molecule has 6 nitrogen and oxygen atoms in total. The lowest BCUT2D eigenvalue weighted by Gasteiger charge is -2.24. The third-order valence-electron chi connectivity index (χ3n) is 5.56. The number of anilines is 1. The molecule has 3 rings (SSSR count). The number of hydrogen-bond acceptors (Lipinski definition) is 4. The summed E-state index contributed by atoms with van der Waals surface area (Å²) in [5.41, 5.74) is 2.25. The van der Waals surface area contributed by atoms with Gasteiger partial charge in [-0.3, -0.25) is 4.98 Å². The molecule has 0 radical (unpaired) electrons. The van der Waals surface area contributed by atoms with Crippen molar-refractivity contribution in [2.75, 3.05) is 57.3 Å². The van der Waals surface area contributed by atoms with Crippen LogP contribution < -0.4 is 10.2 Å². The molecule has 6 heteroatoms. The summed E-state index contributed by atoms with van der Waals surface area (Å²) in [4.78, 5) is 23.8. The van der Waals surface area contributed by atoms with E-state index >= 15 is 0 Å². The lowest BCUT2D eigenvalue weighted by molar-refractivity contribution is 0.199. The molecule has 1 aromatic heterocycles. The Hall–Kier alpha value is -1.82. The number of carbonyl (C=O) groups excluding carboxylic acids is 1. The summed E-state index contributed by atoms with van der Waals surface area (Å²) in [6.07, 6.45) is 4.06. The Morgan fingerprint density at radius 3 is 2.89 bits per heavy atom. The molecule has 0 bridgehead atoms. The molecule has 1 N–H and O–H groups in total. The van der Waals surface area contributed by atoms with Gasteiger partial charge in [0.05, 0.1) is 0 Å². The summed E-state index contributed by atoms with van der Waals surface area (Å²) in [7, 11) is 0. The second-order valence-electron chi connectivity index (χ2n) is 8.48. The first-order valence-corrected chi connectivity index (χ1v) is 10.4. The van der Waals surface area contributed by atoms with Crippen LogP contribution in [0.5, 0.6) is 0 Å². The van der Waals surface area contributed by atoms with Gasteiger partial charge in [0.1, 0.15) is 0 Å². The summed E-state index contributed by atoms with van der Waals surface area (Å²) in [6.45, 7) is 14.3. The summed E-state index contributed by atoms with van der Waals surface area (Å²) >= 11 is 0. The molecule has 1 atom stereocenters. The first-order valence-electron chi connectivity index (χ1n) is 10.4. The Balaban J connectivity index is 1.43. The van der Waals surface area contributed by atoms with Crippen molar-refractivity contribution in [3.63, 3.8) is 0 Å². The largest absolute Gasteiger partial charge is 0.370 e. The zero-order chi connectivity index (χ0) is 19.2. The van der Waals surface area contributed by atoms with Gasteiger partial charge in [-0.15, -0.1) is 0 Å². The molecule has 1 aromatic rings. The van der Waals surface area contributed by atoms with E-state index in [1.54, 1.807) is 0 Å². The van der Waals surface area contributed by atoms with E-state index in [1.807, 2.05) is 18.0 Å². The SMILES string of the molecule is Cc1cc(N2CCCN(C(=O)NCC3CCN(CC(C)C)C3)CC2)ccn1. The van der Waals surface area contributed by atoms with Gasteiger partial charge in [0.15, 0.2) is 0 Å². The number of likely N-dealkylation sites (tertiary alicyclic amines) is 1. The molecule has 2 aliphatic rings. The van der Waals surface area contributed by atoms with E-state index in [2.05, 4.69) is 46.1 Å². The molecule has 0 aliphatic carbocycles. The number of carbonyl (C=O) groups is 1. The molecule has 150 valence electrons. The van der Waals surface area contributed by atoms with Gasteiger partial charge in [-0.25, -0.2) is 4.79 Å². The van der Waals surface area contributed by atoms with Gasteiger partial charge in [-0.2, -0.15) is 0 Å². The quantitative estimate of drug-likeness (QED) is 0.862. The summed E-state index contributed by atoms with van der Waals surface area (Å²) in [6, 6.07) is 4.29. The van der Waals surface area contributed by atoms with Crippen LogP contribution in [0.15, 0.2) is 18.3 Å². The van der Waals surface area contributed by atoms with Crippen LogP contribution in [0.3, 0.4) is 0 Å². The van der Waals surface area contributed by atoms with Crippen LogP contribution in [0.4, 0.5) is 10.5 Å². The molecule has 2 aliphatic heterocycles. The number of aromatic nitrogens is 1. The van der Waals surface area contributed by atoms with Crippen LogP contribution in [0, 0.1) is 18.8 Å². The Kier molecular flexibility index (Phi) is 6.94. The smallest absolute Gasteiger partial charge is 0.317 e. The Bertz CT molecular complexity index is 620. The van der Waals surface area contributed by atoms with Crippen molar-refractivity contribution in [1.29, 1.82) is 0 Å². The van der Waals surface area contributed by atoms with Crippen molar-refractivity contribution in [3.05, 3.63) is 24.0 Å². The molecule has 2 saturated heterocycles. The van der Waals surface area contributed by atoms with E-state index in [9.17, 15) is 4.79 Å². The highest BCUT2D eigenvalue weighted by Crippen LogP contribution is 2.18. The van der Waals surface area contributed by atoms with Gasteiger partial charge in [0.25, 0.3) is 0 Å². The van der Waals surface area contributed by atoms with Crippen LogP contribution in [0.2, 0.25) is 0 Å². The molecule has 3 heterocycles. The zero-order valence-electron chi connectivity index (χ0n) is 17.2. The maximum atomic E-state index is 12.6. The Morgan fingerprint density at radius 2 is 2.11 bits per heavy atom. The fourth-order valence-corrected chi connectivity index (χ4v) is 4.21. The summed E-state index contributed by atoms with van der Waals surface area (Å²) in [5, 5.41) is 3.19. The van der Waals surface area contributed by atoms with Crippen molar-refractivity contribution in [2.24, 2.45) is 11.8 Å². The maximum Gasteiger partial charge on any atom is 0.317 e. The molecule has 1 unspecified atom stereocenters. The molecular formula is C21H35N5O. The van der Waals surface area contributed by atoms with Crippen molar-refractivity contribution >= 4 is 11.7 Å². The molecule has 0 spiro atoms. The molecule has 0 saturated carbocycles. The molecule has 0 aromatic carbocycles. The lowest BCUT2D eigenvalue weighted by Crippen LogP contribution is -2.44. The summed E-state index contributed by atoms with van der Waals surface area (Å²) < 4.78 is 0. The Morgan fingerprint density at radius 1 is 1.26 bits per heavy atom. The number of aryl methyl sites for hydroxylation is 1. The van der Waals surface area contributed by atoms with Gasteiger partial charge >= 0.3 is 6.03 Å². The minimum absolute atomic E-state index is 0.102. The monoisotopic (exact) mass is 373 g/mol. The minimum atomic E-state index is 0.102. The molecule has 2 fully saturated rings. The van der Waals surface area contributed by atoms with E-state index in [-0.39, 0.29) is 6.03 Å². The third-order valence-corrected chi connectivity index (χ3v) is 5.56. The number of pyridine rings is 1. The number of hydrogen-bond donors (Lipinski definition) is 1. The molecular weight excluding hydrogens is 338 g/mol. The second kappa shape index (κ2) is 9.40. The molecule has 2 amide bonds.